The van der Waals surface area contributed by atoms with E-state index in [1.165, 1.54) is 37.8 Å². The number of ether oxygens (including phenoxy) is 2. The molecule has 0 radical (unpaired) electrons. The highest BCUT2D eigenvalue weighted by Crippen LogP contribution is 2.34. The third-order valence-corrected chi connectivity index (χ3v) is 6.02. The normalized spacial score (nSPS) is 22.2. The van der Waals surface area contributed by atoms with Crippen molar-refractivity contribution in [2.45, 2.75) is 57.7 Å². The van der Waals surface area contributed by atoms with E-state index in [9.17, 15) is 0 Å². The fraction of sp³-hybridized carbons (Fsp3) is 0.696. The van der Waals surface area contributed by atoms with Crippen LogP contribution in [0.15, 0.2) is 23.2 Å². The zero-order chi connectivity index (χ0) is 20.1. The molecule has 2 aliphatic carbocycles. The first kappa shape index (κ1) is 20.5. The summed E-state index contributed by atoms with van der Waals surface area (Å²) in [6, 6.07) is 7.23. The number of benzene rings is 1. The Morgan fingerprint density at radius 1 is 1.21 bits per heavy atom. The van der Waals surface area contributed by atoms with Gasteiger partial charge < -0.3 is 20.1 Å². The van der Waals surface area contributed by atoms with Gasteiger partial charge in [-0.1, -0.05) is 12.1 Å². The largest absolute Gasteiger partial charge is 0.488 e. The number of hydrogen-bond donors (Lipinski definition) is 2. The van der Waals surface area contributed by atoms with Crippen LogP contribution in [0.1, 0.15) is 43.2 Å². The summed E-state index contributed by atoms with van der Waals surface area (Å²) in [7, 11) is 1.83. The Kier molecular flexibility index (Phi) is 6.93. The van der Waals surface area contributed by atoms with Crippen molar-refractivity contribution in [2.75, 3.05) is 39.9 Å². The van der Waals surface area contributed by atoms with Gasteiger partial charge in [0, 0.05) is 51.3 Å². The Bertz CT molecular complexity index is 694. The van der Waals surface area contributed by atoms with Gasteiger partial charge in [0.05, 0.1) is 13.2 Å². The maximum atomic E-state index is 6.21. The van der Waals surface area contributed by atoms with E-state index in [0.717, 1.165) is 55.3 Å². The van der Waals surface area contributed by atoms with Crippen LogP contribution in [0, 0.1) is 12.8 Å². The average Bonchev–Trinajstić information content (AvgIpc) is 3.65. The van der Waals surface area contributed by atoms with Crippen LogP contribution in [0.3, 0.4) is 0 Å². The Morgan fingerprint density at radius 3 is 2.76 bits per heavy atom. The second-order valence-corrected chi connectivity index (χ2v) is 8.74. The number of aliphatic imine (C=N–C) groups is 1. The number of hydrogen-bond acceptors (Lipinski definition) is 4. The van der Waals surface area contributed by atoms with Gasteiger partial charge in [-0.2, -0.15) is 0 Å². The van der Waals surface area contributed by atoms with E-state index in [1.807, 2.05) is 7.05 Å². The fourth-order valence-corrected chi connectivity index (χ4v) is 3.92. The summed E-state index contributed by atoms with van der Waals surface area (Å²) < 4.78 is 11.7. The SMILES string of the molecule is CN=C(NCCN(CC1CC1)C1CC1)NCc1ccc(C)cc1OC1CCOC1. The summed E-state index contributed by atoms with van der Waals surface area (Å²) in [5.41, 5.74) is 2.36. The molecule has 3 fully saturated rings. The quantitative estimate of drug-likeness (QED) is 0.467. The first-order valence-corrected chi connectivity index (χ1v) is 11.2. The number of rotatable bonds is 10. The molecule has 1 unspecified atom stereocenters. The van der Waals surface area contributed by atoms with Crippen LogP contribution in [0.2, 0.25) is 0 Å². The molecular weight excluding hydrogens is 364 g/mol. The first-order chi connectivity index (χ1) is 14.2. The zero-order valence-electron chi connectivity index (χ0n) is 18.0. The summed E-state index contributed by atoms with van der Waals surface area (Å²) in [6.45, 7) is 7.58. The lowest BCUT2D eigenvalue weighted by atomic mass is 10.1. The maximum absolute atomic E-state index is 6.21. The molecule has 1 aromatic carbocycles. The summed E-state index contributed by atoms with van der Waals surface area (Å²) in [6.07, 6.45) is 6.72. The fourth-order valence-electron chi connectivity index (χ4n) is 3.92. The van der Waals surface area contributed by atoms with Gasteiger partial charge in [0.1, 0.15) is 11.9 Å². The van der Waals surface area contributed by atoms with E-state index in [4.69, 9.17) is 9.47 Å². The third kappa shape index (κ3) is 6.34. The Morgan fingerprint density at radius 2 is 2.07 bits per heavy atom. The number of nitrogens with one attached hydrogen (secondary N) is 2. The van der Waals surface area contributed by atoms with Crippen molar-refractivity contribution in [3.05, 3.63) is 29.3 Å². The lowest BCUT2D eigenvalue weighted by Gasteiger charge is -2.23. The molecule has 3 aliphatic rings. The van der Waals surface area contributed by atoms with E-state index >= 15 is 0 Å². The molecule has 6 heteroatoms. The minimum atomic E-state index is 0.160. The van der Waals surface area contributed by atoms with Crippen LogP contribution in [-0.2, 0) is 11.3 Å². The van der Waals surface area contributed by atoms with Crippen molar-refractivity contribution in [3.8, 4) is 5.75 Å². The van der Waals surface area contributed by atoms with E-state index in [0.29, 0.717) is 13.2 Å². The van der Waals surface area contributed by atoms with Crippen molar-refractivity contribution < 1.29 is 9.47 Å². The number of aryl methyl sites for hydroxylation is 1. The van der Waals surface area contributed by atoms with Crippen LogP contribution in [0.5, 0.6) is 5.75 Å². The molecule has 6 nitrogen and oxygen atoms in total. The molecule has 0 aromatic heterocycles. The highest BCUT2D eigenvalue weighted by atomic mass is 16.5. The van der Waals surface area contributed by atoms with Crippen LogP contribution < -0.4 is 15.4 Å². The monoisotopic (exact) mass is 400 g/mol. The molecule has 2 saturated carbocycles. The highest BCUT2D eigenvalue weighted by molar-refractivity contribution is 5.79. The lowest BCUT2D eigenvalue weighted by Crippen LogP contribution is -2.42. The molecule has 0 bridgehead atoms. The Balaban J connectivity index is 1.25. The van der Waals surface area contributed by atoms with Crippen molar-refractivity contribution in [3.63, 3.8) is 0 Å². The van der Waals surface area contributed by atoms with Crippen LogP contribution >= 0.6 is 0 Å². The second-order valence-electron chi connectivity index (χ2n) is 8.74. The van der Waals surface area contributed by atoms with Crippen LogP contribution in [0.25, 0.3) is 0 Å². The predicted octanol–water partition coefficient (Wildman–Crippen LogP) is 2.70. The predicted molar refractivity (Wildman–Crippen MR) is 117 cm³/mol. The number of guanidine groups is 1. The van der Waals surface area contributed by atoms with Gasteiger partial charge in [-0.05, 0) is 50.2 Å². The molecule has 0 amide bonds. The lowest BCUT2D eigenvalue weighted by molar-refractivity contribution is 0.140. The van der Waals surface area contributed by atoms with Crippen LogP contribution in [-0.4, -0.2) is 62.9 Å². The molecule has 1 atom stereocenters. The Labute approximate surface area is 175 Å². The summed E-state index contributed by atoms with van der Waals surface area (Å²) in [5, 5.41) is 6.94. The maximum Gasteiger partial charge on any atom is 0.191 e. The molecule has 160 valence electrons. The number of nitrogens with zero attached hydrogens (tertiary/aromatic N) is 2. The van der Waals surface area contributed by atoms with Crippen molar-refractivity contribution in [2.24, 2.45) is 10.9 Å². The van der Waals surface area contributed by atoms with Gasteiger partial charge in [0.15, 0.2) is 5.96 Å². The summed E-state index contributed by atoms with van der Waals surface area (Å²) in [4.78, 5) is 7.07. The minimum absolute atomic E-state index is 0.160. The van der Waals surface area contributed by atoms with E-state index < -0.39 is 0 Å². The second kappa shape index (κ2) is 9.81. The molecule has 29 heavy (non-hydrogen) atoms. The van der Waals surface area contributed by atoms with E-state index in [-0.39, 0.29) is 6.10 Å². The van der Waals surface area contributed by atoms with Crippen molar-refractivity contribution in [1.82, 2.24) is 15.5 Å². The molecule has 0 spiro atoms. The van der Waals surface area contributed by atoms with Gasteiger partial charge >= 0.3 is 0 Å². The van der Waals surface area contributed by atoms with Crippen LogP contribution in [0.4, 0.5) is 0 Å². The van der Waals surface area contributed by atoms with Gasteiger partial charge in [-0.25, -0.2) is 0 Å². The van der Waals surface area contributed by atoms with Crippen molar-refractivity contribution >= 4 is 5.96 Å². The molecule has 1 heterocycles. The minimum Gasteiger partial charge on any atom is -0.488 e. The van der Waals surface area contributed by atoms with Gasteiger partial charge in [0.25, 0.3) is 0 Å². The molecule has 1 saturated heterocycles. The summed E-state index contributed by atoms with van der Waals surface area (Å²) >= 11 is 0. The van der Waals surface area contributed by atoms with E-state index in [1.54, 1.807) is 0 Å². The van der Waals surface area contributed by atoms with Gasteiger partial charge in [0.2, 0.25) is 0 Å². The van der Waals surface area contributed by atoms with E-state index in [2.05, 4.69) is 45.6 Å². The average molecular weight is 401 g/mol. The van der Waals surface area contributed by atoms with Crippen molar-refractivity contribution in [1.29, 1.82) is 0 Å². The standard InChI is InChI=1S/C23H36N4O2/c1-17-3-6-19(22(13-17)29-21-9-12-28-16-21)14-26-23(24-2)25-10-11-27(20-7-8-20)15-18-4-5-18/h3,6,13,18,20-21H,4-5,7-12,14-16H2,1-2H3,(H2,24,25,26). The van der Waals surface area contributed by atoms with Gasteiger partial charge in [-0.3, -0.25) is 9.89 Å². The topological polar surface area (TPSA) is 58.1 Å². The smallest absolute Gasteiger partial charge is 0.191 e. The molecule has 1 aromatic rings. The van der Waals surface area contributed by atoms with Gasteiger partial charge in [-0.15, -0.1) is 0 Å². The molecule has 2 N–H and O–H groups in total. The third-order valence-electron chi connectivity index (χ3n) is 6.02. The highest BCUT2D eigenvalue weighted by Gasteiger charge is 2.33. The molecule has 1 aliphatic heterocycles. The zero-order valence-corrected chi connectivity index (χ0v) is 18.0. The Hall–Kier alpha value is -1.79. The molecular formula is C23H36N4O2. The molecule has 4 rings (SSSR count). The summed E-state index contributed by atoms with van der Waals surface area (Å²) in [5.74, 6) is 2.76. The first-order valence-electron chi connectivity index (χ1n) is 11.2.